The molecule has 3 rings (SSSR count). The van der Waals surface area contributed by atoms with Gasteiger partial charge in [0.1, 0.15) is 11.3 Å². The van der Waals surface area contributed by atoms with Crippen molar-refractivity contribution in [2.24, 2.45) is 11.1 Å². The first kappa shape index (κ1) is 17.3. The summed E-state index contributed by atoms with van der Waals surface area (Å²) in [5, 5.41) is 11.9. The first-order valence-corrected chi connectivity index (χ1v) is 7.89. The molecule has 0 bridgehead atoms. The molecule has 0 saturated heterocycles. The van der Waals surface area contributed by atoms with E-state index in [1.54, 1.807) is 6.92 Å². The van der Waals surface area contributed by atoms with Crippen LogP contribution in [0.15, 0.2) is 23.1 Å². The molecule has 2 aliphatic rings. The van der Waals surface area contributed by atoms with Gasteiger partial charge in [0.2, 0.25) is 11.4 Å². The van der Waals surface area contributed by atoms with Crippen molar-refractivity contribution in [2.45, 2.75) is 18.9 Å². The van der Waals surface area contributed by atoms with Crippen molar-refractivity contribution < 1.29 is 29.0 Å². The Morgan fingerprint density at radius 2 is 2.12 bits per heavy atom. The molecule has 0 radical (unpaired) electrons. The smallest absolute Gasteiger partial charge is 0.231 e. The number of hydrogen-bond acceptors (Lipinski definition) is 7. The van der Waals surface area contributed by atoms with Crippen LogP contribution in [-0.4, -0.2) is 42.8 Å². The molecule has 0 fully saturated rings. The van der Waals surface area contributed by atoms with E-state index in [0.717, 1.165) is 6.21 Å². The number of ketones is 2. The molecule has 1 spiro atoms. The Morgan fingerprint density at radius 1 is 1.40 bits per heavy atom. The van der Waals surface area contributed by atoms with Gasteiger partial charge in [-0.05, 0) is 6.07 Å². The Hall–Kier alpha value is -2.54. The zero-order valence-electron chi connectivity index (χ0n) is 13.8. The lowest BCUT2D eigenvalue weighted by molar-refractivity contribution is -0.118. The van der Waals surface area contributed by atoms with Crippen LogP contribution < -0.4 is 9.47 Å². The summed E-state index contributed by atoms with van der Waals surface area (Å²) < 4.78 is 16.6. The van der Waals surface area contributed by atoms with E-state index in [0.29, 0.717) is 5.56 Å². The van der Waals surface area contributed by atoms with Gasteiger partial charge in [0, 0.05) is 24.0 Å². The lowest BCUT2D eigenvalue weighted by Crippen LogP contribution is -2.51. The third kappa shape index (κ3) is 2.30. The van der Waals surface area contributed by atoms with Crippen molar-refractivity contribution in [3.63, 3.8) is 0 Å². The van der Waals surface area contributed by atoms with E-state index >= 15 is 0 Å². The third-order valence-corrected chi connectivity index (χ3v) is 4.93. The fourth-order valence-corrected chi connectivity index (χ4v) is 3.58. The number of oxime groups is 1. The summed E-state index contributed by atoms with van der Waals surface area (Å²) in [6.07, 6.45) is 2.53. The van der Waals surface area contributed by atoms with Gasteiger partial charge in [0.25, 0.3) is 0 Å². The summed E-state index contributed by atoms with van der Waals surface area (Å²) in [5.74, 6) is -0.514. The minimum Gasteiger partial charge on any atom is -0.496 e. The van der Waals surface area contributed by atoms with Crippen molar-refractivity contribution in [3.8, 4) is 11.5 Å². The van der Waals surface area contributed by atoms with Gasteiger partial charge in [-0.2, -0.15) is 0 Å². The molecule has 2 unspecified atom stereocenters. The zero-order valence-corrected chi connectivity index (χ0v) is 14.6. The average molecular weight is 366 g/mol. The minimum atomic E-state index is -1.48. The summed E-state index contributed by atoms with van der Waals surface area (Å²) in [5.41, 5.74) is -0.976. The van der Waals surface area contributed by atoms with Gasteiger partial charge in [-0.25, -0.2) is 0 Å². The maximum Gasteiger partial charge on any atom is 0.231 e. The number of halogens is 1. The van der Waals surface area contributed by atoms with Crippen LogP contribution in [0.4, 0.5) is 0 Å². The molecule has 25 heavy (non-hydrogen) atoms. The average Bonchev–Trinajstić information content (AvgIpc) is 2.89. The van der Waals surface area contributed by atoms with E-state index in [1.165, 1.54) is 26.4 Å². The number of allylic oxidation sites excluding steroid dienone is 1. The number of hydrogen-bond donors (Lipinski definition) is 1. The number of carbonyl (C=O) groups is 2. The van der Waals surface area contributed by atoms with Gasteiger partial charge in [-0.3, -0.25) is 9.59 Å². The molecule has 1 heterocycles. The molecule has 0 aromatic heterocycles. The fraction of sp³-hybridized carbons (Fsp3) is 0.353. The predicted molar refractivity (Wildman–Crippen MR) is 89.0 cm³/mol. The van der Waals surface area contributed by atoms with Crippen molar-refractivity contribution in [1.82, 2.24) is 0 Å². The Labute approximate surface area is 148 Å². The molecule has 1 aliphatic carbocycles. The molecule has 1 aromatic rings. The lowest BCUT2D eigenvalue weighted by atomic mass is 9.75. The SMILES string of the molecule is COC1=CC(=O)CC(C)C12Oc1c(Cl)c(C=NO)cc(OC)c1C2=O. The third-order valence-electron chi connectivity index (χ3n) is 4.54. The number of rotatable bonds is 3. The summed E-state index contributed by atoms with van der Waals surface area (Å²) in [7, 11) is 2.78. The van der Waals surface area contributed by atoms with Crippen LogP contribution in [-0.2, 0) is 9.53 Å². The van der Waals surface area contributed by atoms with Crippen LogP contribution in [0.1, 0.15) is 29.3 Å². The maximum absolute atomic E-state index is 13.3. The Morgan fingerprint density at radius 3 is 2.72 bits per heavy atom. The van der Waals surface area contributed by atoms with Gasteiger partial charge < -0.3 is 19.4 Å². The van der Waals surface area contributed by atoms with E-state index in [2.05, 4.69) is 5.16 Å². The van der Waals surface area contributed by atoms with Crippen LogP contribution in [0, 0.1) is 5.92 Å². The quantitative estimate of drug-likeness (QED) is 0.502. The lowest BCUT2D eigenvalue weighted by Gasteiger charge is -2.36. The zero-order chi connectivity index (χ0) is 18.4. The van der Waals surface area contributed by atoms with Crippen molar-refractivity contribution in [1.29, 1.82) is 0 Å². The van der Waals surface area contributed by atoms with E-state index in [9.17, 15) is 9.59 Å². The number of ether oxygens (including phenoxy) is 3. The normalized spacial score (nSPS) is 25.1. The molecule has 132 valence electrons. The predicted octanol–water partition coefficient (Wildman–Crippen LogP) is 2.61. The summed E-state index contributed by atoms with van der Waals surface area (Å²) in [6.45, 7) is 1.74. The Bertz CT molecular complexity index is 831. The number of methoxy groups -OCH3 is 2. The standard InChI is InChI=1S/C17H16ClNO6/c1-8-4-10(20)6-12(24-3)17(8)16(21)13-11(23-2)5-9(7-19-22)14(18)15(13)25-17/h5-8,22H,4H2,1-3H3. The molecular weight excluding hydrogens is 350 g/mol. The van der Waals surface area contributed by atoms with Gasteiger partial charge in [-0.1, -0.05) is 23.7 Å². The van der Waals surface area contributed by atoms with Crippen LogP contribution >= 0.6 is 11.6 Å². The van der Waals surface area contributed by atoms with Crippen LogP contribution in [0.3, 0.4) is 0 Å². The highest BCUT2D eigenvalue weighted by Gasteiger charge is 2.59. The number of benzene rings is 1. The highest BCUT2D eigenvalue weighted by Crippen LogP contribution is 2.52. The first-order valence-electron chi connectivity index (χ1n) is 7.51. The van der Waals surface area contributed by atoms with Gasteiger partial charge in [-0.15, -0.1) is 0 Å². The number of fused-ring (bicyclic) bond motifs is 1. The van der Waals surface area contributed by atoms with Crippen molar-refractivity contribution in [2.75, 3.05) is 14.2 Å². The minimum absolute atomic E-state index is 0.110. The van der Waals surface area contributed by atoms with Crippen LogP contribution in [0.25, 0.3) is 0 Å². The number of nitrogens with zero attached hydrogens (tertiary/aromatic N) is 1. The Kier molecular flexibility index (Phi) is 4.20. The van der Waals surface area contributed by atoms with E-state index in [1.807, 2.05) is 0 Å². The van der Waals surface area contributed by atoms with Crippen molar-refractivity contribution >= 4 is 29.4 Å². The molecule has 1 N–H and O–H groups in total. The second-order valence-corrected chi connectivity index (χ2v) is 6.26. The van der Waals surface area contributed by atoms with Crippen LogP contribution in [0.2, 0.25) is 5.02 Å². The van der Waals surface area contributed by atoms with Crippen LogP contribution in [0.5, 0.6) is 11.5 Å². The summed E-state index contributed by atoms with van der Waals surface area (Å²) >= 11 is 6.33. The van der Waals surface area contributed by atoms with E-state index < -0.39 is 11.5 Å². The van der Waals surface area contributed by atoms with Gasteiger partial charge in [0.15, 0.2) is 17.3 Å². The second-order valence-electron chi connectivity index (χ2n) is 5.88. The Balaban J connectivity index is 2.26. The second kappa shape index (κ2) is 6.07. The monoisotopic (exact) mass is 365 g/mol. The molecule has 7 nitrogen and oxygen atoms in total. The molecule has 0 amide bonds. The summed E-state index contributed by atoms with van der Waals surface area (Å²) in [6, 6.07) is 1.48. The number of carbonyl (C=O) groups excluding carboxylic acids is 2. The highest BCUT2D eigenvalue weighted by atomic mass is 35.5. The molecule has 1 aromatic carbocycles. The fourth-order valence-electron chi connectivity index (χ4n) is 3.35. The van der Waals surface area contributed by atoms with Crippen molar-refractivity contribution in [3.05, 3.63) is 34.1 Å². The molecule has 8 heteroatoms. The number of Topliss-reactive ketones (excluding diaryl/α,β-unsaturated/α-hetero) is 1. The van der Waals surface area contributed by atoms with E-state index in [4.69, 9.17) is 31.0 Å². The summed E-state index contributed by atoms with van der Waals surface area (Å²) in [4.78, 5) is 25.2. The first-order chi connectivity index (χ1) is 11.9. The topological polar surface area (TPSA) is 94.4 Å². The molecular formula is C17H16ClNO6. The molecule has 1 aliphatic heterocycles. The maximum atomic E-state index is 13.3. The molecule has 0 saturated carbocycles. The largest absolute Gasteiger partial charge is 0.496 e. The van der Waals surface area contributed by atoms with Gasteiger partial charge >= 0.3 is 0 Å². The van der Waals surface area contributed by atoms with Gasteiger partial charge in [0.05, 0.1) is 25.5 Å². The highest BCUT2D eigenvalue weighted by molar-refractivity contribution is 6.36. The molecule has 2 atom stereocenters. The van der Waals surface area contributed by atoms with E-state index in [-0.39, 0.29) is 45.8 Å².